The Bertz CT molecular complexity index is 1140. The van der Waals surface area contributed by atoms with Crippen molar-refractivity contribution in [2.24, 2.45) is 5.73 Å². The Balaban J connectivity index is 1.79. The first kappa shape index (κ1) is 22.7. The summed E-state index contributed by atoms with van der Waals surface area (Å²) in [5, 5.41) is 5.66. The fourth-order valence-corrected chi connectivity index (χ4v) is 2.79. The van der Waals surface area contributed by atoms with Crippen LogP contribution in [-0.4, -0.2) is 22.9 Å². The number of primary amides is 1. The van der Waals surface area contributed by atoms with E-state index in [1.165, 1.54) is 24.4 Å². The van der Waals surface area contributed by atoms with Crippen LogP contribution in [0, 0.1) is 11.6 Å². The van der Waals surface area contributed by atoms with Crippen molar-refractivity contribution in [1.82, 2.24) is 4.98 Å². The Morgan fingerprint density at radius 2 is 1.59 bits per heavy atom. The van der Waals surface area contributed by atoms with E-state index in [2.05, 4.69) is 15.6 Å². The average molecular weight is 450 g/mol. The molecule has 0 atom stereocenters. The molecule has 0 radical (unpaired) electrons. The number of hydrogen-bond acceptors (Lipinski definition) is 5. The van der Waals surface area contributed by atoms with Gasteiger partial charge in [0.1, 0.15) is 17.5 Å². The van der Waals surface area contributed by atoms with Crippen molar-refractivity contribution in [3.8, 4) is 0 Å². The van der Waals surface area contributed by atoms with Crippen molar-refractivity contribution in [1.29, 1.82) is 0 Å². The normalized spacial score (nSPS) is 11.2. The van der Waals surface area contributed by atoms with Gasteiger partial charge in [-0.25, -0.2) is 13.8 Å². The monoisotopic (exact) mass is 450 g/mol. The molecule has 0 bridgehead atoms. The maximum Gasteiger partial charge on any atom is 0.454 e. The van der Waals surface area contributed by atoms with Crippen LogP contribution in [0.1, 0.15) is 26.3 Å². The topological polar surface area (TPSA) is 97.1 Å². The second kappa shape index (κ2) is 9.00. The van der Waals surface area contributed by atoms with Crippen molar-refractivity contribution in [2.45, 2.75) is 12.7 Å². The second-order valence-electron chi connectivity index (χ2n) is 6.64. The SMILES string of the molecule is NC(=O)c1cnc(Nc2ccc(C(=O)C(F)(F)F)cc2)cc1NCc1cc(F)cc(F)c1. The van der Waals surface area contributed by atoms with Gasteiger partial charge in [-0.3, -0.25) is 9.59 Å². The molecule has 4 N–H and O–H groups in total. The van der Waals surface area contributed by atoms with E-state index in [0.29, 0.717) is 5.69 Å². The molecule has 0 fully saturated rings. The van der Waals surface area contributed by atoms with Crippen LogP contribution in [0.4, 0.5) is 39.1 Å². The number of carbonyl (C=O) groups is 2. The molecule has 166 valence electrons. The van der Waals surface area contributed by atoms with Gasteiger partial charge >= 0.3 is 6.18 Å². The van der Waals surface area contributed by atoms with E-state index in [4.69, 9.17) is 5.73 Å². The van der Waals surface area contributed by atoms with E-state index in [1.54, 1.807) is 0 Å². The summed E-state index contributed by atoms with van der Waals surface area (Å²) in [5.41, 5.74) is 5.63. The first-order valence-corrected chi connectivity index (χ1v) is 9.00. The summed E-state index contributed by atoms with van der Waals surface area (Å²) in [5.74, 6) is -4.10. The number of nitrogens with two attached hydrogens (primary N) is 1. The summed E-state index contributed by atoms with van der Waals surface area (Å²) in [6.07, 6.45) is -3.81. The van der Waals surface area contributed by atoms with Gasteiger partial charge in [-0.15, -0.1) is 0 Å². The molecule has 3 rings (SSSR count). The van der Waals surface area contributed by atoms with Crippen LogP contribution >= 0.6 is 0 Å². The van der Waals surface area contributed by atoms with Crippen LogP contribution in [0.2, 0.25) is 0 Å². The van der Waals surface area contributed by atoms with Gasteiger partial charge in [0.05, 0.1) is 11.3 Å². The fraction of sp³-hybridized carbons (Fsp3) is 0.0952. The van der Waals surface area contributed by atoms with Crippen molar-refractivity contribution in [2.75, 3.05) is 10.6 Å². The maximum absolute atomic E-state index is 13.4. The molecule has 32 heavy (non-hydrogen) atoms. The van der Waals surface area contributed by atoms with E-state index in [9.17, 15) is 31.5 Å². The Kier molecular flexibility index (Phi) is 6.37. The van der Waals surface area contributed by atoms with Crippen molar-refractivity contribution in [3.05, 3.63) is 83.1 Å². The highest BCUT2D eigenvalue weighted by atomic mass is 19.4. The second-order valence-corrected chi connectivity index (χ2v) is 6.64. The number of carbonyl (C=O) groups excluding carboxylic acids is 2. The van der Waals surface area contributed by atoms with Crippen LogP contribution in [0.25, 0.3) is 0 Å². The van der Waals surface area contributed by atoms with Gasteiger partial charge in [-0.2, -0.15) is 13.2 Å². The number of anilines is 3. The molecular formula is C21H15F5N4O2. The predicted molar refractivity (Wildman–Crippen MR) is 107 cm³/mol. The molecule has 0 saturated carbocycles. The van der Waals surface area contributed by atoms with Gasteiger partial charge < -0.3 is 16.4 Å². The molecule has 3 aromatic rings. The summed E-state index contributed by atoms with van der Waals surface area (Å²) >= 11 is 0. The highest BCUT2D eigenvalue weighted by Gasteiger charge is 2.39. The highest BCUT2D eigenvalue weighted by molar-refractivity contribution is 6.00. The quantitative estimate of drug-likeness (QED) is 0.362. The molecule has 1 amide bonds. The summed E-state index contributed by atoms with van der Waals surface area (Å²) in [6, 6.07) is 8.87. The van der Waals surface area contributed by atoms with E-state index in [-0.39, 0.29) is 29.2 Å². The molecule has 6 nitrogen and oxygen atoms in total. The number of aromatic nitrogens is 1. The first-order valence-electron chi connectivity index (χ1n) is 9.00. The molecule has 1 heterocycles. The minimum Gasteiger partial charge on any atom is -0.380 e. The summed E-state index contributed by atoms with van der Waals surface area (Å²) < 4.78 is 64.3. The number of nitrogens with one attached hydrogen (secondary N) is 2. The van der Waals surface area contributed by atoms with Crippen molar-refractivity contribution < 1.29 is 31.5 Å². The number of rotatable bonds is 7. The molecule has 0 aliphatic carbocycles. The standard InChI is InChI=1S/C21H15F5N4O2/c22-13-5-11(6-14(23)7-13)9-28-17-8-18(29-10-16(17)20(27)32)30-15-3-1-12(2-4-15)19(31)21(24,25)26/h1-8,10H,9H2,(H2,27,32)(H2,28,29,30). The average Bonchev–Trinajstić information content (AvgIpc) is 2.71. The molecule has 0 aliphatic rings. The van der Waals surface area contributed by atoms with Gasteiger partial charge in [0.25, 0.3) is 11.7 Å². The number of nitrogens with zero attached hydrogens (tertiary/aromatic N) is 1. The summed E-state index contributed by atoms with van der Waals surface area (Å²) in [7, 11) is 0. The van der Waals surface area contributed by atoms with E-state index in [1.807, 2.05) is 0 Å². The predicted octanol–water partition coefficient (Wildman–Crippen LogP) is 4.56. The minimum absolute atomic E-state index is 0.0125. The lowest BCUT2D eigenvalue weighted by Gasteiger charge is -2.13. The first-order chi connectivity index (χ1) is 15.0. The fourth-order valence-electron chi connectivity index (χ4n) is 2.79. The molecule has 2 aromatic carbocycles. The third-order valence-electron chi connectivity index (χ3n) is 4.25. The molecule has 0 aliphatic heterocycles. The summed E-state index contributed by atoms with van der Waals surface area (Å²) in [6.45, 7) is -0.0351. The van der Waals surface area contributed by atoms with Crippen LogP contribution in [-0.2, 0) is 6.54 Å². The number of pyridine rings is 1. The number of hydrogen-bond donors (Lipinski definition) is 3. The number of ketones is 1. The Morgan fingerprint density at radius 3 is 2.16 bits per heavy atom. The zero-order chi connectivity index (χ0) is 23.5. The van der Waals surface area contributed by atoms with E-state index >= 15 is 0 Å². The highest BCUT2D eigenvalue weighted by Crippen LogP contribution is 2.25. The molecule has 0 spiro atoms. The third kappa shape index (κ3) is 5.56. The zero-order valence-corrected chi connectivity index (χ0v) is 16.1. The lowest BCUT2D eigenvalue weighted by Crippen LogP contribution is -2.22. The van der Waals surface area contributed by atoms with Crippen LogP contribution in [0.5, 0.6) is 0 Å². The van der Waals surface area contributed by atoms with Crippen LogP contribution in [0.3, 0.4) is 0 Å². The molecular weight excluding hydrogens is 435 g/mol. The van der Waals surface area contributed by atoms with Gasteiger partial charge in [0, 0.05) is 36.1 Å². The number of amides is 1. The van der Waals surface area contributed by atoms with E-state index < -0.39 is 35.1 Å². The van der Waals surface area contributed by atoms with Gasteiger partial charge in [0.2, 0.25) is 0 Å². The number of alkyl halides is 3. The smallest absolute Gasteiger partial charge is 0.380 e. The van der Waals surface area contributed by atoms with Crippen molar-refractivity contribution in [3.63, 3.8) is 0 Å². The molecule has 0 unspecified atom stereocenters. The molecule has 11 heteroatoms. The number of Topliss-reactive ketones (excluding diaryl/α,β-unsaturated/α-hetero) is 1. The van der Waals surface area contributed by atoms with Gasteiger partial charge in [0.15, 0.2) is 0 Å². The van der Waals surface area contributed by atoms with Gasteiger partial charge in [-0.05, 0) is 42.0 Å². The third-order valence-corrected chi connectivity index (χ3v) is 4.25. The number of benzene rings is 2. The van der Waals surface area contributed by atoms with Crippen LogP contribution < -0.4 is 16.4 Å². The van der Waals surface area contributed by atoms with Crippen molar-refractivity contribution >= 4 is 28.9 Å². The van der Waals surface area contributed by atoms with Gasteiger partial charge in [-0.1, -0.05) is 0 Å². The Hall–Kier alpha value is -4.02. The lowest BCUT2D eigenvalue weighted by atomic mass is 10.1. The Labute approximate surface area is 178 Å². The molecule has 0 saturated heterocycles. The summed E-state index contributed by atoms with van der Waals surface area (Å²) in [4.78, 5) is 26.9. The zero-order valence-electron chi connectivity index (χ0n) is 16.1. The Morgan fingerprint density at radius 1 is 0.969 bits per heavy atom. The largest absolute Gasteiger partial charge is 0.454 e. The number of halogens is 5. The lowest BCUT2D eigenvalue weighted by molar-refractivity contribution is -0.0885. The maximum atomic E-state index is 13.4. The van der Waals surface area contributed by atoms with Crippen LogP contribution in [0.15, 0.2) is 54.7 Å². The molecule has 1 aromatic heterocycles. The minimum atomic E-state index is -4.98. The van der Waals surface area contributed by atoms with E-state index in [0.717, 1.165) is 30.3 Å².